The molecule has 0 atom stereocenters. The van der Waals surface area contributed by atoms with Gasteiger partial charge in [0.1, 0.15) is 12.0 Å². The van der Waals surface area contributed by atoms with E-state index in [4.69, 9.17) is 0 Å². The summed E-state index contributed by atoms with van der Waals surface area (Å²) in [6.07, 6.45) is 3.19. The number of aromatic nitrogens is 1. The molecular weight excluding hydrogens is 297 g/mol. The molecule has 2 heterocycles. The molecule has 0 bridgehead atoms. The number of hydrogen-bond acceptors (Lipinski definition) is 4. The largest absolute Gasteiger partial charge is 0.370 e. The molecule has 0 aliphatic carbocycles. The average Bonchev–Trinajstić information content (AvgIpc) is 2.18. The van der Waals surface area contributed by atoms with Gasteiger partial charge in [-0.3, -0.25) is 10.1 Å². The quantitative estimate of drug-likeness (QED) is 0.489. The van der Waals surface area contributed by atoms with Crippen molar-refractivity contribution in [2.24, 2.45) is 0 Å². The molecule has 0 radical (unpaired) electrons. The molecular formula is C8H8IN3O2. The van der Waals surface area contributed by atoms with Crippen molar-refractivity contribution in [3.05, 3.63) is 25.4 Å². The second kappa shape index (κ2) is 3.68. The van der Waals surface area contributed by atoms with E-state index in [-0.39, 0.29) is 10.6 Å². The average molecular weight is 305 g/mol. The number of anilines is 1. The number of hydrogen-bond donors (Lipinski definition) is 1. The second-order valence-electron chi connectivity index (χ2n) is 3.07. The van der Waals surface area contributed by atoms with Gasteiger partial charge < -0.3 is 5.32 Å². The molecule has 0 aromatic carbocycles. The van der Waals surface area contributed by atoms with Gasteiger partial charge in [0.25, 0.3) is 0 Å². The van der Waals surface area contributed by atoms with E-state index < -0.39 is 0 Å². The summed E-state index contributed by atoms with van der Waals surface area (Å²) in [5.74, 6) is 0.797. The summed E-state index contributed by atoms with van der Waals surface area (Å²) >= 11 is 2.02. The predicted octanol–water partition coefficient (Wildman–Crippen LogP) is 1.95. The van der Waals surface area contributed by atoms with E-state index in [1.165, 1.54) is 6.20 Å². The van der Waals surface area contributed by atoms with Crippen molar-refractivity contribution in [1.82, 2.24) is 4.98 Å². The maximum absolute atomic E-state index is 10.6. The predicted molar refractivity (Wildman–Crippen MR) is 60.4 cm³/mol. The maximum Gasteiger partial charge on any atom is 0.301 e. The second-order valence-corrected chi connectivity index (χ2v) is 4.15. The molecule has 74 valence electrons. The van der Waals surface area contributed by atoms with Crippen LogP contribution in [0.4, 0.5) is 11.5 Å². The van der Waals surface area contributed by atoms with Crippen molar-refractivity contribution in [1.29, 1.82) is 0 Å². The van der Waals surface area contributed by atoms with E-state index in [0.29, 0.717) is 3.57 Å². The van der Waals surface area contributed by atoms with Crippen LogP contribution in [0.2, 0.25) is 0 Å². The summed E-state index contributed by atoms with van der Waals surface area (Å²) in [4.78, 5) is 14.3. The molecule has 0 spiro atoms. The van der Waals surface area contributed by atoms with Crippen molar-refractivity contribution in [2.75, 3.05) is 11.9 Å². The summed E-state index contributed by atoms with van der Waals surface area (Å²) in [6, 6.07) is 0. The van der Waals surface area contributed by atoms with Crippen LogP contribution in [0.15, 0.2) is 6.20 Å². The Labute approximate surface area is 94.2 Å². The molecule has 5 nitrogen and oxygen atoms in total. The molecule has 1 aliphatic rings. The fourth-order valence-corrected chi connectivity index (χ4v) is 2.36. The Morgan fingerprint density at radius 3 is 3.14 bits per heavy atom. The molecule has 1 aliphatic heterocycles. The smallest absolute Gasteiger partial charge is 0.301 e. The lowest BCUT2D eigenvalue weighted by molar-refractivity contribution is -0.386. The Bertz CT molecular complexity index is 394. The Kier molecular flexibility index (Phi) is 2.53. The summed E-state index contributed by atoms with van der Waals surface area (Å²) in [7, 11) is 0. The zero-order chi connectivity index (χ0) is 10.1. The molecule has 14 heavy (non-hydrogen) atoms. The third-order valence-corrected chi connectivity index (χ3v) is 3.39. The molecule has 6 heteroatoms. The first-order chi connectivity index (χ1) is 6.70. The summed E-state index contributed by atoms with van der Waals surface area (Å²) in [5.41, 5.74) is 1.08. The number of rotatable bonds is 1. The highest BCUT2D eigenvalue weighted by atomic mass is 127. The minimum atomic E-state index is -0.385. The van der Waals surface area contributed by atoms with Gasteiger partial charge in [-0.2, -0.15) is 0 Å². The van der Waals surface area contributed by atoms with Crippen molar-refractivity contribution in [3.63, 3.8) is 0 Å². The van der Waals surface area contributed by atoms with Crippen LogP contribution in [0.25, 0.3) is 0 Å². The van der Waals surface area contributed by atoms with Gasteiger partial charge in [0.05, 0.1) is 8.49 Å². The molecule has 0 saturated carbocycles. The number of nitrogens with zero attached hydrogens (tertiary/aromatic N) is 2. The Hall–Kier alpha value is -0.920. The van der Waals surface area contributed by atoms with Crippen LogP contribution in [0, 0.1) is 13.7 Å². The first-order valence-electron chi connectivity index (χ1n) is 4.26. The van der Waals surface area contributed by atoms with E-state index >= 15 is 0 Å². The van der Waals surface area contributed by atoms with Gasteiger partial charge in [0.15, 0.2) is 0 Å². The van der Waals surface area contributed by atoms with E-state index in [9.17, 15) is 10.1 Å². The van der Waals surface area contributed by atoms with Crippen molar-refractivity contribution in [2.45, 2.75) is 12.8 Å². The molecule has 0 saturated heterocycles. The fourth-order valence-electron chi connectivity index (χ4n) is 1.50. The molecule has 2 rings (SSSR count). The lowest BCUT2D eigenvalue weighted by Crippen LogP contribution is -2.15. The van der Waals surface area contributed by atoms with E-state index in [1.54, 1.807) is 0 Å². The van der Waals surface area contributed by atoms with E-state index in [0.717, 1.165) is 30.8 Å². The van der Waals surface area contributed by atoms with Gasteiger partial charge in [0, 0.05) is 12.1 Å². The normalized spacial score (nSPS) is 14.4. The number of pyridine rings is 1. The van der Waals surface area contributed by atoms with E-state index in [2.05, 4.69) is 10.3 Å². The number of nitrogens with one attached hydrogen (secondary N) is 1. The Balaban J connectivity index is 2.54. The van der Waals surface area contributed by atoms with Crippen LogP contribution in [0.3, 0.4) is 0 Å². The monoisotopic (exact) mass is 305 g/mol. The number of nitro groups is 1. The Morgan fingerprint density at radius 1 is 1.64 bits per heavy atom. The summed E-state index contributed by atoms with van der Waals surface area (Å²) < 4.78 is 0.713. The highest BCUT2D eigenvalue weighted by molar-refractivity contribution is 14.1. The lowest BCUT2D eigenvalue weighted by Gasteiger charge is -2.17. The molecule has 1 aromatic heterocycles. The lowest BCUT2D eigenvalue weighted by atomic mass is 10.1. The molecule has 1 aromatic rings. The van der Waals surface area contributed by atoms with Gasteiger partial charge in [-0.05, 0) is 35.4 Å². The number of halogens is 1. The fraction of sp³-hybridized carbons (Fsp3) is 0.375. The summed E-state index contributed by atoms with van der Waals surface area (Å²) in [6.45, 7) is 0.897. The summed E-state index contributed by atoms with van der Waals surface area (Å²) in [5, 5.41) is 13.8. The van der Waals surface area contributed by atoms with Gasteiger partial charge in [-0.25, -0.2) is 4.98 Å². The van der Waals surface area contributed by atoms with Crippen molar-refractivity contribution in [3.8, 4) is 0 Å². The van der Waals surface area contributed by atoms with Gasteiger partial charge in [-0.15, -0.1) is 0 Å². The number of fused-ring (bicyclic) bond motifs is 1. The molecule has 0 fully saturated rings. The van der Waals surface area contributed by atoms with Crippen LogP contribution in [-0.4, -0.2) is 16.5 Å². The van der Waals surface area contributed by atoms with Gasteiger partial charge in [-0.1, -0.05) is 0 Å². The Morgan fingerprint density at radius 2 is 2.43 bits per heavy atom. The topological polar surface area (TPSA) is 68.1 Å². The third-order valence-electron chi connectivity index (χ3n) is 2.18. The van der Waals surface area contributed by atoms with Crippen molar-refractivity contribution >= 4 is 34.1 Å². The van der Waals surface area contributed by atoms with Crippen LogP contribution in [0.1, 0.15) is 12.0 Å². The molecule has 1 N–H and O–H groups in total. The first kappa shape index (κ1) is 9.63. The van der Waals surface area contributed by atoms with Crippen LogP contribution in [0.5, 0.6) is 0 Å². The maximum atomic E-state index is 10.6. The third kappa shape index (κ3) is 1.54. The SMILES string of the molecule is O=[N+]([O-])c1cnc2c(c1I)CCCN2. The van der Waals surface area contributed by atoms with Crippen LogP contribution in [-0.2, 0) is 6.42 Å². The minimum Gasteiger partial charge on any atom is -0.370 e. The zero-order valence-electron chi connectivity index (χ0n) is 7.29. The highest BCUT2D eigenvalue weighted by Gasteiger charge is 2.21. The molecule has 0 amide bonds. The molecule has 0 unspecified atom stereocenters. The zero-order valence-corrected chi connectivity index (χ0v) is 9.45. The first-order valence-corrected chi connectivity index (χ1v) is 5.33. The van der Waals surface area contributed by atoms with E-state index in [1.807, 2.05) is 22.6 Å². The van der Waals surface area contributed by atoms with Crippen LogP contribution < -0.4 is 5.32 Å². The van der Waals surface area contributed by atoms with Crippen LogP contribution >= 0.6 is 22.6 Å². The minimum absolute atomic E-state index is 0.105. The van der Waals surface area contributed by atoms with Crippen molar-refractivity contribution < 1.29 is 4.92 Å². The van der Waals surface area contributed by atoms with Gasteiger partial charge in [0.2, 0.25) is 0 Å². The highest BCUT2D eigenvalue weighted by Crippen LogP contribution is 2.30. The van der Waals surface area contributed by atoms with Gasteiger partial charge >= 0.3 is 5.69 Å². The standard InChI is InChI=1S/C8H8IN3O2/c9-7-5-2-1-3-10-8(5)11-4-6(7)12(13)14/h4H,1-3H2,(H,10,11).